The smallest absolute Gasteiger partial charge is 0.167 e. The van der Waals surface area contributed by atoms with Crippen LogP contribution in [0.4, 0.5) is 8.78 Å². The summed E-state index contributed by atoms with van der Waals surface area (Å²) in [6.45, 7) is 1.27. The second kappa shape index (κ2) is 5.61. The normalized spacial score (nSPS) is 23.9. The number of rotatable bonds is 3. The van der Waals surface area contributed by atoms with Crippen LogP contribution in [0.25, 0.3) is 0 Å². The van der Waals surface area contributed by atoms with E-state index >= 15 is 0 Å². The zero-order valence-electron chi connectivity index (χ0n) is 10.9. The van der Waals surface area contributed by atoms with Crippen molar-refractivity contribution in [2.24, 2.45) is 11.7 Å². The third kappa shape index (κ3) is 2.55. The van der Waals surface area contributed by atoms with Gasteiger partial charge in [-0.05, 0) is 32.0 Å². The molecule has 0 amide bonds. The monoisotopic (exact) mass is 290 g/mol. The lowest BCUT2D eigenvalue weighted by Crippen LogP contribution is -2.21. The molecule has 0 spiro atoms. The number of halogens is 3. The number of nitrogens with two attached hydrogens (primary N) is 1. The fourth-order valence-corrected chi connectivity index (χ4v) is 2.91. The largest absolute Gasteiger partial charge is 0.493 e. The van der Waals surface area contributed by atoms with Crippen LogP contribution >= 0.6 is 11.6 Å². The maximum Gasteiger partial charge on any atom is 0.167 e. The van der Waals surface area contributed by atoms with Crippen LogP contribution in [0.2, 0.25) is 5.02 Å². The molecule has 3 nitrogen and oxygen atoms in total. The Labute approximate surface area is 116 Å². The van der Waals surface area contributed by atoms with Crippen LogP contribution in [0.15, 0.2) is 6.07 Å². The van der Waals surface area contributed by atoms with Crippen LogP contribution in [0, 0.1) is 17.6 Å². The zero-order valence-corrected chi connectivity index (χ0v) is 11.7. The quantitative estimate of drug-likeness (QED) is 0.870. The molecule has 2 atom stereocenters. The summed E-state index contributed by atoms with van der Waals surface area (Å²) in [5.41, 5.74) is 5.84. The van der Waals surface area contributed by atoms with Crippen molar-refractivity contribution in [3.8, 4) is 5.75 Å². The highest BCUT2D eigenvalue weighted by Gasteiger charge is 2.35. The Hall–Kier alpha value is -0.910. The van der Waals surface area contributed by atoms with E-state index in [0.29, 0.717) is 13.0 Å². The van der Waals surface area contributed by atoms with Crippen molar-refractivity contribution in [3.05, 3.63) is 28.3 Å². The molecule has 6 heteroatoms. The molecule has 1 aromatic carbocycles. The van der Waals surface area contributed by atoms with Gasteiger partial charge in [-0.1, -0.05) is 11.6 Å². The molecule has 19 heavy (non-hydrogen) atoms. The van der Waals surface area contributed by atoms with Crippen LogP contribution in [0.1, 0.15) is 18.0 Å². The molecule has 1 saturated heterocycles. The maximum atomic E-state index is 14.2. The van der Waals surface area contributed by atoms with E-state index < -0.39 is 11.6 Å². The lowest BCUT2D eigenvalue weighted by Gasteiger charge is -2.23. The molecular weight excluding hydrogens is 274 g/mol. The summed E-state index contributed by atoms with van der Waals surface area (Å²) in [5.74, 6) is -1.07. The lowest BCUT2D eigenvalue weighted by molar-refractivity contribution is 0.290. The maximum absolute atomic E-state index is 14.2. The van der Waals surface area contributed by atoms with Gasteiger partial charge < -0.3 is 10.5 Å². The van der Waals surface area contributed by atoms with Gasteiger partial charge >= 0.3 is 0 Å². The summed E-state index contributed by atoms with van der Waals surface area (Å²) in [6, 6.07) is 0.672. The van der Waals surface area contributed by atoms with Gasteiger partial charge in [0.05, 0.1) is 17.7 Å². The molecule has 0 bridgehead atoms. The predicted octanol–water partition coefficient (Wildman–Crippen LogP) is 2.58. The zero-order chi connectivity index (χ0) is 14.2. The van der Waals surface area contributed by atoms with E-state index in [1.54, 1.807) is 0 Å². The topological polar surface area (TPSA) is 38.5 Å². The molecule has 2 N–H and O–H groups in total. The Kier molecular flexibility index (Phi) is 4.28. The van der Waals surface area contributed by atoms with Crippen LogP contribution in [-0.2, 0) is 0 Å². The van der Waals surface area contributed by atoms with Crippen LogP contribution < -0.4 is 10.5 Å². The summed E-state index contributed by atoms with van der Waals surface area (Å²) in [6.07, 6.45) is 0.667. The molecule has 2 unspecified atom stereocenters. The molecular formula is C13H17ClF2N2O. The minimum absolute atomic E-state index is 0.0728. The molecule has 0 aliphatic carbocycles. The second-order valence-electron chi connectivity index (χ2n) is 4.89. The Morgan fingerprint density at radius 1 is 1.53 bits per heavy atom. The lowest BCUT2D eigenvalue weighted by atomic mass is 9.98. The van der Waals surface area contributed by atoms with Gasteiger partial charge in [0.15, 0.2) is 11.6 Å². The summed E-state index contributed by atoms with van der Waals surface area (Å²) in [4.78, 5) is 1.95. The van der Waals surface area contributed by atoms with Gasteiger partial charge in [-0.3, -0.25) is 4.90 Å². The summed E-state index contributed by atoms with van der Waals surface area (Å²) in [5, 5.41) is -0.224. The first-order valence-corrected chi connectivity index (χ1v) is 6.49. The highest BCUT2D eigenvalue weighted by Crippen LogP contribution is 2.42. The van der Waals surface area contributed by atoms with E-state index in [-0.39, 0.29) is 28.3 Å². The van der Waals surface area contributed by atoms with Gasteiger partial charge in [0, 0.05) is 12.6 Å². The van der Waals surface area contributed by atoms with E-state index in [1.165, 1.54) is 7.11 Å². The van der Waals surface area contributed by atoms with E-state index in [4.69, 9.17) is 22.1 Å². The number of benzene rings is 1. The minimum Gasteiger partial charge on any atom is -0.493 e. The van der Waals surface area contributed by atoms with Crippen molar-refractivity contribution in [2.75, 3.05) is 27.2 Å². The van der Waals surface area contributed by atoms with Gasteiger partial charge in [-0.2, -0.15) is 0 Å². The average molecular weight is 291 g/mol. The molecule has 1 aliphatic rings. The number of hydrogen-bond donors (Lipinski definition) is 1. The van der Waals surface area contributed by atoms with Crippen molar-refractivity contribution in [1.82, 2.24) is 4.90 Å². The second-order valence-corrected chi connectivity index (χ2v) is 5.30. The van der Waals surface area contributed by atoms with E-state index in [0.717, 1.165) is 12.6 Å². The average Bonchev–Trinajstić information content (AvgIpc) is 2.74. The number of hydrogen-bond acceptors (Lipinski definition) is 3. The van der Waals surface area contributed by atoms with E-state index in [1.807, 2.05) is 11.9 Å². The fraction of sp³-hybridized carbons (Fsp3) is 0.538. The first kappa shape index (κ1) is 14.5. The van der Waals surface area contributed by atoms with Crippen molar-refractivity contribution < 1.29 is 13.5 Å². The van der Waals surface area contributed by atoms with Crippen LogP contribution in [-0.4, -0.2) is 32.1 Å². The van der Waals surface area contributed by atoms with Gasteiger partial charge in [-0.25, -0.2) is 8.78 Å². The van der Waals surface area contributed by atoms with E-state index in [9.17, 15) is 8.78 Å². The van der Waals surface area contributed by atoms with Crippen molar-refractivity contribution >= 4 is 11.6 Å². The molecule has 1 fully saturated rings. The number of likely N-dealkylation sites (tertiary alicyclic amines) is 1. The Balaban J connectivity index is 2.49. The van der Waals surface area contributed by atoms with Gasteiger partial charge in [0.25, 0.3) is 0 Å². The highest BCUT2D eigenvalue weighted by atomic mass is 35.5. The third-order valence-electron chi connectivity index (χ3n) is 3.67. The molecule has 1 aromatic rings. The Morgan fingerprint density at radius 3 is 2.74 bits per heavy atom. The molecule has 1 heterocycles. The fourth-order valence-electron chi connectivity index (χ4n) is 2.72. The number of ether oxygens (including phenoxy) is 1. The molecule has 1 aliphatic heterocycles. The first-order valence-electron chi connectivity index (χ1n) is 6.11. The molecule has 0 saturated carbocycles. The van der Waals surface area contributed by atoms with E-state index in [2.05, 4.69) is 0 Å². The molecule has 0 aromatic heterocycles. The Morgan fingerprint density at radius 2 is 2.21 bits per heavy atom. The number of nitrogens with zero attached hydrogens (tertiary/aromatic N) is 1. The first-order chi connectivity index (χ1) is 8.99. The highest BCUT2D eigenvalue weighted by molar-refractivity contribution is 6.30. The third-order valence-corrected chi connectivity index (χ3v) is 3.94. The standard InChI is InChI=1S/C13H17ClF2N2O/c1-18-6-7(5-17)3-10(18)11-12(16)8(14)4-9(15)13(11)19-2/h4,7,10H,3,5-6,17H2,1-2H3. The summed E-state index contributed by atoms with van der Waals surface area (Å²) < 4.78 is 33.1. The SMILES string of the molecule is COc1c(F)cc(Cl)c(F)c1C1CC(CN)CN1C. The van der Waals surface area contributed by atoms with Crippen molar-refractivity contribution in [1.29, 1.82) is 0 Å². The number of methoxy groups -OCH3 is 1. The molecule has 0 radical (unpaired) electrons. The summed E-state index contributed by atoms with van der Waals surface area (Å²) >= 11 is 5.73. The predicted molar refractivity (Wildman–Crippen MR) is 70.5 cm³/mol. The van der Waals surface area contributed by atoms with Crippen molar-refractivity contribution in [3.63, 3.8) is 0 Å². The van der Waals surface area contributed by atoms with Crippen LogP contribution in [0.3, 0.4) is 0 Å². The van der Waals surface area contributed by atoms with Crippen molar-refractivity contribution in [2.45, 2.75) is 12.5 Å². The Bertz CT molecular complexity index is 484. The van der Waals surface area contributed by atoms with Crippen LogP contribution in [0.5, 0.6) is 5.75 Å². The van der Waals surface area contributed by atoms with Gasteiger partial charge in [0.1, 0.15) is 5.82 Å². The van der Waals surface area contributed by atoms with Gasteiger partial charge in [0.2, 0.25) is 0 Å². The molecule has 2 rings (SSSR count). The van der Waals surface area contributed by atoms with Gasteiger partial charge in [-0.15, -0.1) is 0 Å². The summed E-state index contributed by atoms with van der Waals surface area (Å²) in [7, 11) is 3.18. The molecule has 106 valence electrons. The minimum atomic E-state index is -0.645.